The quantitative estimate of drug-likeness (QED) is 0.659. The van der Waals surface area contributed by atoms with Crippen LogP contribution in [-0.4, -0.2) is 45.4 Å². The summed E-state index contributed by atoms with van der Waals surface area (Å²) in [4.78, 5) is 1.71. The molecule has 2 atom stereocenters. The molecule has 1 aromatic rings. The molecule has 0 aromatic heterocycles. The molecule has 0 N–H and O–H groups in total. The lowest BCUT2D eigenvalue weighted by molar-refractivity contribution is 0.0482. The first-order valence-electron chi connectivity index (χ1n) is 9.38. The Hall–Kier alpha value is -4.23. The molecule has 31 heavy (non-hydrogen) atoms. The highest BCUT2D eigenvalue weighted by Crippen LogP contribution is 2.77. The van der Waals surface area contributed by atoms with Gasteiger partial charge in [-0.2, -0.15) is 26.3 Å². The van der Waals surface area contributed by atoms with Gasteiger partial charge in [0.1, 0.15) is 17.6 Å². The molecule has 9 nitrogen and oxygen atoms in total. The molecule has 1 heterocycles. The van der Waals surface area contributed by atoms with Gasteiger partial charge >= 0.3 is 0 Å². The van der Waals surface area contributed by atoms with Gasteiger partial charge in [-0.05, 0) is 17.7 Å². The van der Waals surface area contributed by atoms with Gasteiger partial charge in [0.25, 0.3) is 0 Å². The number of morpholine rings is 1. The predicted molar refractivity (Wildman–Crippen MR) is 105 cm³/mol. The van der Waals surface area contributed by atoms with Gasteiger partial charge < -0.3 is 19.1 Å². The van der Waals surface area contributed by atoms with Crippen molar-refractivity contribution in [1.82, 2.24) is 4.90 Å². The Bertz CT molecular complexity index is 1100. The second kappa shape index (κ2) is 8.25. The van der Waals surface area contributed by atoms with Crippen LogP contribution in [0.4, 0.5) is 0 Å². The molecule has 0 bridgehead atoms. The van der Waals surface area contributed by atoms with Crippen LogP contribution in [0, 0.1) is 67.5 Å². The molecule has 0 unspecified atom stereocenters. The summed E-state index contributed by atoms with van der Waals surface area (Å²) >= 11 is 0. The van der Waals surface area contributed by atoms with Crippen molar-refractivity contribution < 1.29 is 14.2 Å². The van der Waals surface area contributed by atoms with E-state index in [2.05, 4.69) is 6.07 Å². The summed E-state index contributed by atoms with van der Waals surface area (Å²) in [5.41, 5.74) is -3.17. The zero-order valence-corrected chi connectivity index (χ0v) is 17.0. The highest BCUT2D eigenvalue weighted by atomic mass is 16.5. The molecule has 0 radical (unpaired) electrons. The number of methoxy groups -OCH3 is 2. The minimum atomic E-state index is -1.78. The molecule has 9 heteroatoms. The molecule has 2 fully saturated rings. The van der Waals surface area contributed by atoms with E-state index in [1.807, 2.05) is 24.3 Å². The predicted octanol–water partition coefficient (Wildman–Crippen LogP) is 1.98. The lowest BCUT2D eigenvalue weighted by Gasteiger charge is -2.34. The van der Waals surface area contributed by atoms with Gasteiger partial charge in [0.05, 0.1) is 51.3 Å². The summed E-state index contributed by atoms with van der Waals surface area (Å²) < 4.78 is 16.0. The molecule has 1 aliphatic heterocycles. The Morgan fingerprint density at radius 2 is 1.58 bits per heavy atom. The van der Waals surface area contributed by atoms with Crippen molar-refractivity contribution in [3.63, 3.8) is 0 Å². The standard InChI is InChI=1S/C22H18N6O3/c1-29-17-4-3-15(9-18(17)30-2)19-21(12-25,13-26)22(19,14-27)20(16(10-23)11-24)28-5-7-31-8-6-28/h3-4,9,19H,5-8H2,1-2H3/t19-,22+/m0/s1. The number of hydrogen-bond acceptors (Lipinski definition) is 9. The lowest BCUT2D eigenvalue weighted by Crippen LogP contribution is -2.40. The van der Waals surface area contributed by atoms with E-state index >= 15 is 0 Å². The number of allylic oxidation sites excluding steroid dienone is 2. The van der Waals surface area contributed by atoms with E-state index in [0.29, 0.717) is 43.4 Å². The normalized spacial score (nSPS) is 23.0. The Labute approximate surface area is 180 Å². The van der Waals surface area contributed by atoms with Gasteiger partial charge in [0.15, 0.2) is 22.5 Å². The van der Waals surface area contributed by atoms with Gasteiger partial charge in [0.2, 0.25) is 0 Å². The van der Waals surface area contributed by atoms with E-state index in [1.54, 1.807) is 23.1 Å². The fourth-order valence-corrected chi connectivity index (χ4v) is 4.39. The van der Waals surface area contributed by atoms with Crippen LogP contribution < -0.4 is 9.47 Å². The first-order valence-corrected chi connectivity index (χ1v) is 9.38. The molecule has 1 saturated carbocycles. The highest BCUT2D eigenvalue weighted by Gasteiger charge is 2.83. The van der Waals surface area contributed by atoms with E-state index in [4.69, 9.17) is 14.2 Å². The van der Waals surface area contributed by atoms with Gasteiger partial charge in [-0.15, -0.1) is 0 Å². The number of hydrogen-bond donors (Lipinski definition) is 0. The molecule has 0 amide bonds. The molecule has 154 valence electrons. The van der Waals surface area contributed by atoms with E-state index in [9.17, 15) is 26.3 Å². The molecule has 1 aliphatic carbocycles. The Morgan fingerprint density at radius 1 is 0.968 bits per heavy atom. The second-order valence-corrected chi connectivity index (χ2v) is 7.05. The lowest BCUT2D eigenvalue weighted by atomic mass is 9.88. The number of nitriles is 5. The molecule has 3 rings (SSSR count). The van der Waals surface area contributed by atoms with Crippen molar-refractivity contribution >= 4 is 0 Å². The molecular weight excluding hydrogens is 396 g/mol. The maximum atomic E-state index is 10.3. The maximum Gasteiger partial charge on any atom is 0.177 e. The van der Waals surface area contributed by atoms with Gasteiger partial charge in [-0.3, -0.25) is 0 Å². The molecular formula is C22H18N6O3. The van der Waals surface area contributed by atoms with Gasteiger partial charge in [0, 0.05) is 19.0 Å². The second-order valence-electron chi connectivity index (χ2n) is 7.05. The van der Waals surface area contributed by atoms with E-state index in [0.717, 1.165) is 0 Å². The van der Waals surface area contributed by atoms with Crippen molar-refractivity contribution in [2.75, 3.05) is 40.5 Å². The van der Waals surface area contributed by atoms with Crippen molar-refractivity contribution in [3.8, 4) is 41.8 Å². The summed E-state index contributed by atoms with van der Waals surface area (Å²) in [6, 6.07) is 14.8. The van der Waals surface area contributed by atoms with Crippen LogP contribution >= 0.6 is 0 Å². The van der Waals surface area contributed by atoms with Crippen LogP contribution in [0.2, 0.25) is 0 Å². The van der Waals surface area contributed by atoms with Crippen LogP contribution in [0.1, 0.15) is 11.5 Å². The third-order valence-electron chi connectivity index (χ3n) is 5.84. The minimum absolute atomic E-state index is 0.103. The average molecular weight is 414 g/mol. The van der Waals surface area contributed by atoms with E-state index in [-0.39, 0.29) is 11.3 Å². The van der Waals surface area contributed by atoms with Crippen molar-refractivity contribution in [3.05, 3.63) is 35.0 Å². The maximum absolute atomic E-state index is 10.3. The molecule has 0 spiro atoms. The number of rotatable bonds is 5. The van der Waals surface area contributed by atoms with Gasteiger partial charge in [-0.25, -0.2) is 0 Å². The Morgan fingerprint density at radius 3 is 2.06 bits per heavy atom. The number of benzene rings is 1. The van der Waals surface area contributed by atoms with Crippen LogP contribution in [0.3, 0.4) is 0 Å². The molecule has 2 aliphatic rings. The third kappa shape index (κ3) is 2.91. The van der Waals surface area contributed by atoms with Crippen LogP contribution in [0.25, 0.3) is 0 Å². The minimum Gasteiger partial charge on any atom is -0.493 e. The highest BCUT2D eigenvalue weighted by molar-refractivity contribution is 5.64. The summed E-state index contributed by atoms with van der Waals surface area (Å²) in [5, 5.41) is 49.7. The van der Waals surface area contributed by atoms with E-state index in [1.165, 1.54) is 14.2 Å². The summed E-state index contributed by atoms with van der Waals surface area (Å²) in [5.74, 6) is -0.0665. The van der Waals surface area contributed by atoms with Crippen LogP contribution in [0.15, 0.2) is 29.5 Å². The van der Waals surface area contributed by atoms with Crippen molar-refractivity contribution in [2.24, 2.45) is 10.8 Å². The Balaban J connectivity index is 2.29. The number of ether oxygens (including phenoxy) is 3. The largest absolute Gasteiger partial charge is 0.493 e. The van der Waals surface area contributed by atoms with Crippen molar-refractivity contribution in [2.45, 2.75) is 5.92 Å². The average Bonchev–Trinajstić information content (AvgIpc) is 3.44. The van der Waals surface area contributed by atoms with Crippen LogP contribution in [0.5, 0.6) is 11.5 Å². The number of nitrogens with zero attached hydrogens (tertiary/aromatic N) is 6. The van der Waals surface area contributed by atoms with Gasteiger partial charge in [-0.1, -0.05) is 6.07 Å². The Kier molecular flexibility index (Phi) is 5.72. The first-order chi connectivity index (χ1) is 15.0. The summed E-state index contributed by atoms with van der Waals surface area (Å²) in [6.45, 7) is 1.33. The molecule has 1 aromatic carbocycles. The van der Waals surface area contributed by atoms with Crippen LogP contribution in [-0.2, 0) is 4.74 Å². The molecule has 1 saturated heterocycles. The third-order valence-corrected chi connectivity index (χ3v) is 5.84. The topological polar surface area (TPSA) is 150 Å². The first kappa shape index (κ1) is 21.5. The monoisotopic (exact) mass is 414 g/mol. The fourth-order valence-electron chi connectivity index (χ4n) is 4.39. The SMILES string of the molecule is COc1ccc([C@H]2C(C#N)(C#N)[C@@]2(C#N)C(=C(C#N)C#N)N2CCOCC2)cc1OC. The van der Waals surface area contributed by atoms with E-state index < -0.39 is 16.7 Å². The van der Waals surface area contributed by atoms with Crippen molar-refractivity contribution in [1.29, 1.82) is 26.3 Å². The fraction of sp³-hybridized carbons (Fsp3) is 0.409. The zero-order chi connectivity index (χ0) is 22.6. The summed E-state index contributed by atoms with van der Waals surface area (Å²) in [6.07, 6.45) is 0. The summed E-state index contributed by atoms with van der Waals surface area (Å²) in [7, 11) is 2.94. The smallest absolute Gasteiger partial charge is 0.177 e. The zero-order valence-electron chi connectivity index (χ0n) is 17.0.